The number of nitriles is 1. The molecular weight excluding hydrogens is 376 g/mol. The smallest absolute Gasteiger partial charge is 0.255 e. The summed E-state index contributed by atoms with van der Waals surface area (Å²) in [6, 6.07) is 17.6. The van der Waals surface area contributed by atoms with Gasteiger partial charge in [0.1, 0.15) is 0 Å². The van der Waals surface area contributed by atoms with Crippen LogP contribution in [0, 0.1) is 11.3 Å². The van der Waals surface area contributed by atoms with Crippen molar-refractivity contribution in [2.24, 2.45) is 0 Å². The molecule has 140 valence electrons. The first-order valence-corrected chi connectivity index (χ1v) is 9.76. The van der Waals surface area contributed by atoms with Crippen LogP contribution < -0.4 is 10.0 Å². The fourth-order valence-corrected chi connectivity index (χ4v) is 3.40. The van der Waals surface area contributed by atoms with Gasteiger partial charge in [-0.2, -0.15) is 5.26 Å². The van der Waals surface area contributed by atoms with Gasteiger partial charge in [-0.1, -0.05) is 6.07 Å². The van der Waals surface area contributed by atoms with Crippen LogP contribution in [0.5, 0.6) is 0 Å². The Morgan fingerprint density at radius 2 is 1.75 bits per heavy atom. The summed E-state index contributed by atoms with van der Waals surface area (Å²) in [6.45, 7) is 0.122. The van der Waals surface area contributed by atoms with Gasteiger partial charge < -0.3 is 5.32 Å². The lowest BCUT2D eigenvalue weighted by Gasteiger charge is -2.08. The second-order valence-corrected chi connectivity index (χ2v) is 7.62. The number of rotatable bonds is 6. The Bertz CT molecular complexity index is 1100. The van der Waals surface area contributed by atoms with E-state index in [0.29, 0.717) is 16.8 Å². The molecule has 0 bridgehead atoms. The third-order valence-electron chi connectivity index (χ3n) is 3.89. The average Bonchev–Trinajstić information content (AvgIpc) is 2.74. The molecule has 3 aromatic rings. The first-order valence-electron chi connectivity index (χ1n) is 8.28. The van der Waals surface area contributed by atoms with Gasteiger partial charge in [0.15, 0.2) is 0 Å². The highest BCUT2D eigenvalue weighted by Crippen LogP contribution is 2.14. The summed E-state index contributed by atoms with van der Waals surface area (Å²) in [5, 5.41) is 11.5. The summed E-state index contributed by atoms with van der Waals surface area (Å²) in [7, 11) is -3.71. The number of aromatic nitrogens is 1. The molecule has 2 aromatic carbocycles. The number of anilines is 1. The summed E-state index contributed by atoms with van der Waals surface area (Å²) in [5.41, 5.74) is 2.09. The zero-order valence-electron chi connectivity index (χ0n) is 14.7. The Morgan fingerprint density at radius 3 is 2.36 bits per heavy atom. The van der Waals surface area contributed by atoms with E-state index in [1.807, 2.05) is 6.07 Å². The molecule has 0 unspecified atom stereocenters. The number of nitrogens with one attached hydrogen (secondary N) is 2. The van der Waals surface area contributed by atoms with E-state index in [4.69, 9.17) is 5.26 Å². The number of carbonyl (C=O) groups excluding carboxylic acids is 1. The van der Waals surface area contributed by atoms with Gasteiger partial charge >= 0.3 is 0 Å². The molecule has 1 aromatic heterocycles. The molecular formula is C20H16N4O3S. The fourth-order valence-electron chi connectivity index (χ4n) is 2.38. The molecule has 0 atom stereocenters. The van der Waals surface area contributed by atoms with Crippen LogP contribution in [0.4, 0.5) is 5.69 Å². The minimum Gasteiger partial charge on any atom is -0.322 e. The Hall–Kier alpha value is -3.54. The van der Waals surface area contributed by atoms with Crippen LogP contribution in [0.15, 0.2) is 78.0 Å². The van der Waals surface area contributed by atoms with Crippen LogP contribution in [0.3, 0.4) is 0 Å². The number of pyridine rings is 1. The minimum absolute atomic E-state index is 0.0614. The zero-order chi connectivity index (χ0) is 20.0. The largest absolute Gasteiger partial charge is 0.322 e. The summed E-state index contributed by atoms with van der Waals surface area (Å²) in [4.78, 5) is 16.3. The molecule has 0 saturated carbocycles. The third-order valence-corrected chi connectivity index (χ3v) is 5.30. The number of benzene rings is 2. The lowest BCUT2D eigenvalue weighted by Crippen LogP contribution is -2.23. The van der Waals surface area contributed by atoms with Gasteiger partial charge in [0, 0.05) is 30.2 Å². The molecule has 1 amide bonds. The predicted octanol–water partition coefficient (Wildman–Crippen LogP) is 2.68. The fraction of sp³-hybridized carbons (Fsp3) is 0.0500. The first-order chi connectivity index (χ1) is 13.5. The van der Waals surface area contributed by atoms with Crippen molar-refractivity contribution in [3.63, 3.8) is 0 Å². The highest BCUT2D eigenvalue weighted by atomic mass is 32.2. The van der Waals surface area contributed by atoms with Crippen molar-refractivity contribution in [2.45, 2.75) is 11.4 Å². The molecule has 0 aliphatic heterocycles. The van der Waals surface area contributed by atoms with Crippen molar-refractivity contribution in [3.8, 4) is 6.07 Å². The van der Waals surface area contributed by atoms with Gasteiger partial charge in [0.05, 0.1) is 16.5 Å². The zero-order valence-corrected chi connectivity index (χ0v) is 15.5. The topological polar surface area (TPSA) is 112 Å². The van der Waals surface area contributed by atoms with Crippen LogP contribution in [-0.2, 0) is 16.6 Å². The van der Waals surface area contributed by atoms with E-state index in [9.17, 15) is 13.2 Å². The number of nitrogens with zero attached hydrogens (tertiary/aromatic N) is 2. The van der Waals surface area contributed by atoms with Crippen molar-refractivity contribution < 1.29 is 13.2 Å². The van der Waals surface area contributed by atoms with Crippen LogP contribution in [0.1, 0.15) is 21.5 Å². The molecule has 1 heterocycles. The molecule has 0 spiro atoms. The Balaban J connectivity index is 1.66. The van der Waals surface area contributed by atoms with Crippen molar-refractivity contribution in [3.05, 3.63) is 89.7 Å². The predicted molar refractivity (Wildman–Crippen MR) is 104 cm³/mol. The maximum absolute atomic E-state index is 12.4. The molecule has 0 aliphatic rings. The quantitative estimate of drug-likeness (QED) is 0.670. The summed E-state index contributed by atoms with van der Waals surface area (Å²) in [6.07, 6.45) is 3.19. The normalized spacial score (nSPS) is 10.8. The monoisotopic (exact) mass is 392 g/mol. The molecule has 0 radical (unpaired) electrons. The summed E-state index contributed by atoms with van der Waals surface area (Å²) < 4.78 is 27.3. The van der Waals surface area contributed by atoms with E-state index < -0.39 is 10.0 Å². The van der Waals surface area contributed by atoms with E-state index in [2.05, 4.69) is 15.0 Å². The van der Waals surface area contributed by atoms with E-state index in [-0.39, 0.29) is 17.3 Å². The standard InChI is InChI=1S/C20H16N4O3S/c21-12-15-3-7-18(8-4-15)24-20(25)17-5-9-19(10-6-17)28(26,27)23-14-16-2-1-11-22-13-16/h1-11,13,23H,14H2,(H,24,25). The van der Waals surface area contributed by atoms with Crippen molar-refractivity contribution in [1.82, 2.24) is 9.71 Å². The SMILES string of the molecule is N#Cc1ccc(NC(=O)c2ccc(S(=O)(=O)NCc3cccnc3)cc2)cc1. The molecule has 7 nitrogen and oxygen atoms in total. The molecule has 0 aliphatic carbocycles. The molecule has 0 saturated heterocycles. The summed E-state index contributed by atoms with van der Waals surface area (Å²) in [5.74, 6) is -0.378. The average molecular weight is 392 g/mol. The van der Waals surface area contributed by atoms with Crippen molar-refractivity contribution in [1.29, 1.82) is 5.26 Å². The lowest BCUT2D eigenvalue weighted by atomic mass is 10.2. The minimum atomic E-state index is -3.71. The Morgan fingerprint density at radius 1 is 1.04 bits per heavy atom. The molecule has 28 heavy (non-hydrogen) atoms. The van der Waals surface area contributed by atoms with Crippen LogP contribution in [0.2, 0.25) is 0 Å². The highest BCUT2D eigenvalue weighted by molar-refractivity contribution is 7.89. The van der Waals surface area contributed by atoms with Crippen LogP contribution in [-0.4, -0.2) is 19.3 Å². The van der Waals surface area contributed by atoms with Gasteiger partial charge in [-0.15, -0.1) is 0 Å². The van der Waals surface area contributed by atoms with Gasteiger partial charge in [0.2, 0.25) is 10.0 Å². The Kier molecular flexibility index (Phi) is 5.79. The number of hydrogen-bond acceptors (Lipinski definition) is 5. The van der Waals surface area contributed by atoms with Gasteiger partial charge in [-0.05, 0) is 60.2 Å². The maximum Gasteiger partial charge on any atom is 0.255 e. The van der Waals surface area contributed by atoms with Crippen LogP contribution in [0.25, 0.3) is 0 Å². The van der Waals surface area contributed by atoms with E-state index >= 15 is 0 Å². The highest BCUT2D eigenvalue weighted by Gasteiger charge is 2.15. The van der Waals surface area contributed by atoms with Gasteiger partial charge in [0.25, 0.3) is 5.91 Å². The first kappa shape index (κ1) is 19.2. The molecule has 3 rings (SSSR count). The number of amides is 1. The molecule has 8 heteroatoms. The number of carbonyl (C=O) groups is 1. The number of hydrogen-bond donors (Lipinski definition) is 2. The Labute approximate surface area is 162 Å². The second-order valence-electron chi connectivity index (χ2n) is 5.85. The second kappa shape index (κ2) is 8.43. The van der Waals surface area contributed by atoms with Crippen molar-refractivity contribution >= 4 is 21.6 Å². The lowest BCUT2D eigenvalue weighted by molar-refractivity contribution is 0.102. The molecule has 0 fully saturated rings. The van der Waals surface area contributed by atoms with Gasteiger partial charge in [-0.3, -0.25) is 9.78 Å². The van der Waals surface area contributed by atoms with Crippen LogP contribution >= 0.6 is 0 Å². The van der Waals surface area contributed by atoms with Crippen molar-refractivity contribution in [2.75, 3.05) is 5.32 Å². The maximum atomic E-state index is 12.4. The third kappa shape index (κ3) is 4.79. The summed E-state index contributed by atoms with van der Waals surface area (Å²) >= 11 is 0. The number of sulfonamides is 1. The molecule has 2 N–H and O–H groups in total. The van der Waals surface area contributed by atoms with Gasteiger partial charge in [-0.25, -0.2) is 13.1 Å². The van der Waals surface area contributed by atoms with E-state index in [0.717, 1.165) is 5.56 Å². The van der Waals surface area contributed by atoms with E-state index in [1.54, 1.807) is 48.8 Å². The van der Waals surface area contributed by atoms with E-state index in [1.165, 1.54) is 24.3 Å².